The Bertz CT molecular complexity index is 1040. The van der Waals surface area contributed by atoms with Gasteiger partial charge in [0.05, 0.1) is 5.52 Å². The van der Waals surface area contributed by atoms with E-state index in [9.17, 15) is 13.2 Å². The van der Waals surface area contributed by atoms with Crippen LogP contribution in [-0.4, -0.2) is 20.6 Å². The molecule has 2 unspecified atom stereocenters. The van der Waals surface area contributed by atoms with E-state index in [1.165, 1.54) is 0 Å². The van der Waals surface area contributed by atoms with Crippen LogP contribution in [0.5, 0.6) is 0 Å². The van der Waals surface area contributed by atoms with Crippen LogP contribution in [0.3, 0.4) is 0 Å². The van der Waals surface area contributed by atoms with Crippen LogP contribution < -0.4 is 5.73 Å². The van der Waals surface area contributed by atoms with Crippen molar-refractivity contribution in [2.75, 3.05) is 0 Å². The van der Waals surface area contributed by atoms with Crippen molar-refractivity contribution in [2.45, 2.75) is 56.0 Å². The minimum atomic E-state index is -1.17. The van der Waals surface area contributed by atoms with Gasteiger partial charge in [-0.25, -0.2) is 23.1 Å². The molecular formula is C21H21F3N4. The van der Waals surface area contributed by atoms with Crippen LogP contribution in [0.25, 0.3) is 10.9 Å². The fourth-order valence-electron chi connectivity index (χ4n) is 4.37. The summed E-state index contributed by atoms with van der Waals surface area (Å²) >= 11 is 0. The van der Waals surface area contributed by atoms with E-state index in [1.807, 2.05) is 18.6 Å². The summed E-state index contributed by atoms with van der Waals surface area (Å²) in [6, 6.07) is 1.39. The molecule has 146 valence electrons. The number of rotatable bonds is 3. The molecule has 2 saturated carbocycles. The van der Waals surface area contributed by atoms with Crippen molar-refractivity contribution in [3.05, 3.63) is 59.6 Å². The largest absolute Gasteiger partial charge is 0.348 e. The highest BCUT2D eigenvalue weighted by Gasteiger charge is 2.32. The van der Waals surface area contributed by atoms with Crippen LogP contribution in [0.1, 0.15) is 61.4 Å². The molecule has 2 heterocycles. The van der Waals surface area contributed by atoms with Gasteiger partial charge in [0.15, 0.2) is 11.6 Å². The maximum Gasteiger partial charge on any atom is 0.161 e. The molecule has 7 heteroatoms. The number of fused-ring (bicyclic) bond motifs is 1. The summed E-state index contributed by atoms with van der Waals surface area (Å²) in [4.78, 5) is 9.14. The zero-order chi connectivity index (χ0) is 19.4. The molecule has 1 aromatic carbocycles. The van der Waals surface area contributed by atoms with Crippen LogP contribution in [0.2, 0.25) is 0 Å². The molecule has 2 aliphatic rings. The average molecular weight is 386 g/mol. The second kappa shape index (κ2) is 6.58. The van der Waals surface area contributed by atoms with Gasteiger partial charge in [0.25, 0.3) is 0 Å². The van der Waals surface area contributed by atoms with Crippen LogP contribution in [0.15, 0.2) is 30.7 Å². The number of aromatic nitrogens is 3. The molecule has 28 heavy (non-hydrogen) atoms. The van der Waals surface area contributed by atoms with Crippen molar-refractivity contribution in [1.29, 1.82) is 0 Å². The molecule has 3 atom stereocenters. The Hall–Kier alpha value is -2.41. The molecule has 0 radical (unpaired) electrons. The van der Waals surface area contributed by atoms with Crippen LogP contribution in [0, 0.1) is 17.5 Å². The Morgan fingerprint density at radius 3 is 2.50 bits per heavy atom. The first-order valence-electron chi connectivity index (χ1n) is 9.73. The normalized spacial score (nSPS) is 25.4. The second-order valence-electron chi connectivity index (χ2n) is 8.07. The van der Waals surface area contributed by atoms with Gasteiger partial charge in [0, 0.05) is 54.0 Å². The van der Waals surface area contributed by atoms with E-state index in [4.69, 9.17) is 5.73 Å². The third-order valence-electron chi connectivity index (χ3n) is 6.10. The number of nitrogens with zero attached hydrogens (tertiary/aromatic N) is 3. The van der Waals surface area contributed by atoms with E-state index < -0.39 is 17.5 Å². The molecule has 2 fully saturated rings. The monoisotopic (exact) mass is 386 g/mol. The standard InChI is InChI=1S/C21H21F3N4/c22-16-7-18(24)17(23)6-15(16)14-4-3-13(5-19(14)25)28-9-12-8-26-21(11-1-2-11)27-20(12)10-28/h6-11,13-14,19H,1-5,25H2/t13?,14-,19?/m1/s1. The fraction of sp³-hybridized carbons (Fsp3) is 0.429. The maximum absolute atomic E-state index is 14.2. The van der Waals surface area contributed by atoms with Crippen LogP contribution >= 0.6 is 0 Å². The van der Waals surface area contributed by atoms with E-state index in [0.717, 1.165) is 42.1 Å². The van der Waals surface area contributed by atoms with Crippen molar-refractivity contribution < 1.29 is 13.2 Å². The van der Waals surface area contributed by atoms with E-state index in [1.54, 1.807) is 0 Å². The summed E-state index contributed by atoms with van der Waals surface area (Å²) in [5, 5.41) is 0.992. The van der Waals surface area contributed by atoms with Gasteiger partial charge >= 0.3 is 0 Å². The predicted molar refractivity (Wildman–Crippen MR) is 99.4 cm³/mol. The van der Waals surface area contributed by atoms with Gasteiger partial charge in [0.2, 0.25) is 0 Å². The predicted octanol–water partition coefficient (Wildman–Crippen LogP) is 4.56. The minimum Gasteiger partial charge on any atom is -0.348 e. The minimum absolute atomic E-state index is 0.165. The number of benzene rings is 1. The highest BCUT2D eigenvalue weighted by molar-refractivity contribution is 5.77. The van der Waals surface area contributed by atoms with Crippen LogP contribution in [-0.2, 0) is 0 Å². The third-order valence-corrected chi connectivity index (χ3v) is 6.10. The van der Waals surface area contributed by atoms with Crippen molar-refractivity contribution in [3.63, 3.8) is 0 Å². The average Bonchev–Trinajstić information content (AvgIpc) is 3.43. The smallest absolute Gasteiger partial charge is 0.161 e. The summed E-state index contributed by atoms with van der Waals surface area (Å²) in [5.41, 5.74) is 7.44. The first-order valence-corrected chi connectivity index (χ1v) is 9.73. The zero-order valence-electron chi connectivity index (χ0n) is 15.3. The molecule has 5 rings (SSSR count). The van der Waals surface area contributed by atoms with Gasteiger partial charge in [-0.05, 0) is 43.7 Å². The summed E-state index contributed by atoms with van der Waals surface area (Å²) in [6.45, 7) is 0. The second-order valence-corrected chi connectivity index (χ2v) is 8.07. The van der Waals surface area contributed by atoms with Gasteiger partial charge < -0.3 is 10.3 Å². The lowest BCUT2D eigenvalue weighted by Gasteiger charge is -2.35. The molecule has 0 spiro atoms. The molecule has 0 bridgehead atoms. The van der Waals surface area contributed by atoms with Crippen molar-refractivity contribution in [3.8, 4) is 0 Å². The van der Waals surface area contributed by atoms with Crippen LogP contribution in [0.4, 0.5) is 13.2 Å². The van der Waals surface area contributed by atoms with E-state index >= 15 is 0 Å². The topological polar surface area (TPSA) is 56.7 Å². The van der Waals surface area contributed by atoms with Crippen molar-refractivity contribution in [1.82, 2.24) is 14.5 Å². The Labute approximate surface area is 160 Å². The highest BCUT2D eigenvalue weighted by atomic mass is 19.2. The Morgan fingerprint density at radius 2 is 1.75 bits per heavy atom. The van der Waals surface area contributed by atoms with E-state index in [2.05, 4.69) is 14.5 Å². The van der Waals surface area contributed by atoms with Gasteiger partial charge in [-0.3, -0.25) is 0 Å². The molecule has 4 nitrogen and oxygen atoms in total. The van der Waals surface area contributed by atoms with Gasteiger partial charge in [0.1, 0.15) is 11.6 Å². The molecule has 0 saturated heterocycles. The van der Waals surface area contributed by atoms with Gasteiger partial charge in [-0.2, -0.15) is 0 Å². The zero-order valence-corrected chi connectivity index (χ0v) is 15.3. The lowest BCUT2D eigenvalue weighted by molar-refractivity contribution is 0.284. The van der Waals surface area contributed by atoms with Gasteiger partial charge in [-0.1, -0.05) is 0 Å². The Kier molecular flexibility index (Phi) is 4.16. The lowest BCUT2D eigenvalue weighted by atomic mass is 9.78. The SMILES string of the molecule is NC1CC(n2cc3cnc(C4CC4)nc3c2)CC[C@@H]1c1cc(F)c(F)cc1F. The summed E-state index contributed by atoms with van der Waals surface area (Å²) in [6.07, 6.45) is 10.3. The lowest BCUT2D eigenvalue weighted by Crippen LogP contribution is -2.36. The first kappa shape index (κ1) is 17.7. The number of hydrogen-bond donors (Lipinski definition) is 1. The number of nitrogens with two attached hydrogens (primary N) is 1. The Balaban J connectivity index is 1.37. The molecular weight excluding hydrogens is 365 g/mol. The quantitative estimate of drug-likeness (QED) is 0.672. The molecule has 0 amide bonds. The molecule has 2 N–H and O–H groups in total. The molecule has 0 aliphatic heterocycles. The third kappa shape index (κ3) is 3.07. The highest BCUT2D eigenvalue weighted by Crippen LogP contribution is 2.40. The molecule has 2 aliphatic carbocycles. The molecule has 3 aromatic rings. The first-order chi connectivity index (χ1) is 13.5. The van der Waals surface area contributed by atoms with E-state index in [-0.39, 0.29) is 23.6 Å². The summed E-state index contributed by atoms with van der Waals surface area (Å²) in [5.74, 6) is -1.84. The molecule has 2 aromatic heterocycles. The summed E-state index contributed by atoms with van der Waals surface area (Å²) in [7, 11) is 0. The summed E-state index contributed by atoms with van der Waals surface area (Å²) < 4.78 is 43.1. The van der Waals surface area contributed by atoms with Crippen molar-refractivity contribution in [2.24, 2.45) is 5.73 Å². The van der Waals surface area contributed by atoms with Gasteiger partial charge in [-0.15, -0.1) is 0 Å². The Morgan fingerprint density at radius 1 is 0.964 bits per heavy atom. The fourth-order valence-corrected chi connectivity index (χ4v) is 4.37. The number of hydrogen-bond acceptors (Lipinski definition) is 3. The van der Waals surface area contributed by atoms with E-state index in [0.29, 0.717) is 24.8 Å². The number of halogens is 3. The maximum atomic E-state index is 14.2. The van der Waals surface area contributed by atoms with Crippen molar-refractivity contribution >= 4 is 10.9 Å².